The number of methoxy groups -OCH3 is 1. The second-order valence-electron chi connectivity index (χ2n) is 5.77. The predicted octanol–water partition coefficient (Wildman–Crippen LogP) is 2.56. The molecule has 1 aromatic heterocycles. The lowest BCUT2D eigenvalue weighted by Gasteiger charge is -2.18. The number of anilines is 2. The molecule has 1 aromatic rings. The quantitative estimate of drug-likeness (QED) is 0.752. The maximum atomic E-state index is 6.16. The molecule has 2 rings (SSSR count). The van der Waals surface area contributed by atoms with Gasteiger partial charge in [0.15, 0.2) is 5.82 Å². The van der Waals surface area contributed by atoms with E-state index in [1.54, 1.807) is 7.11 Å². The molecule has 1 heterocycles. The van der Waals surface area contributed by atoms with Crippen molar-refractivity contribution in [3.05, 3.63) is 5.82 Å². The number of nitrogens with one attached hydrogen (secondary N) is 1. The van der Waals surface area contributed by atoms with Gasteiger partial charge < -0.3 is 20.5 Å². The molecule has 21 heavy (non-hydrogen) atoms. The minimum atomic E-state index is 0.222. The predicted molar refractivity (Wildman–Crippen MR) is 83.8 cm³/mol. The highest BCUT2D eigenvalue weighted by molar-refractivity contribution is 5.67. The number of hydrogen-bond acceptors (Lipinski definition) is 6. The fourth-order valence-electron chi connectivity index (χ4n) is 2.43. The lowest BCUT2D eigenvalue weighted by Crippen LogP contribution is -2.19. The van der Waals surface area contributed by atoms with Crippen LogP contribution in [0.25, 0.3) is 0 Å². The van der Waals surface area contributed by atoms with Crippen LogP contribution >= 0.6 is 0 Å². The number of ether oxygens (including phenoxy) is 2. The maximum absolute atomic E-state index is 6.16. The van der Waals surface area contributed by atoms with E-state index in [0.29, 0.717) is 36.6 Å². The molecular formula is C15H26N4O2. The number of hydrogen-bond donors (Lipinski definition) is 2. The van der Waals surface area contributed by atoms with Crippen molar-refractivity contribution in [1.82, 2.24) is 9.97 Å². The van der Waals surface area contributed by atoms with Gasteiger partial charge in [-0.25, -0.2) is 4.98 Å². The van der Waals surface area contributed by atoms with Gasteiger partial charge in [-0.15, -0.1) is 0 Å². The van der Waals surface area contributed by atoms with Crippen LogP contribution in [0.3, 0.4) is 0 Å². The van der Waals surface area contributed by atoms with Crippen molar-refractivity contribution in [3.63, 3.8) is 0 Å². The van der Waals surface area contributed by atoms with E-state index >= 15 is 0 Å². The van der Waals surface area contributed by atoms with Crippen molar-refractivity contribution in [2.75, 3.05) is 31.4 Å². The van der Waals surface area contributed by atoms with Gasteiger partial charge in [-0.2, -0.15) is 4.98 Å². The van der Waals surface area contributed by atoms with Crippen LogP contribution in [0, 0.1) is 0 Å². The zero-order valence-electron chi connectivity index (χ0n) is 13.2. The summed E-state index contributed by atoms with van der Waals surface area (Å²) in [5.74, 6) is 2.12. The zero-order valence-corrected chi connectivity index (χ0v) is 13.2. The van der Waals surface area contributed by atoms with Crippen molar-refractivity contribution < 1.29 is 9.47 Å². The Morgan fingerprint density at radius 3 is 2.57 bits per heavy atom. The van der Waals surface area contributed by atoms with Crippen molar-refractivity contribution in [1.29, 1.82) is 0 Å². The van der Waals surface area contributed by atoms with E-state index in [0.717, 1.165) is 5.82 Å². The van der Waals surface area contributed by atoms with Crippen molar-refractivity contribution in [2.45, 2.75) is 51.5 Å². The summed E-state index contributed by atoms with van der Waals surface area (Å²) in [5, 5.41) is 3.45. The smallest absolute Gasteiger partial charge is 0.242 e. The Kier molecular flexibility index (Phi) is 5.61. The summed E-state index contributed by atoms with van der Waals surface area (Å²) in [4.78, 5) is 8.99. The molecule has 0 aliphatic heterocycles. The van der Waals surface area contributed by atoms with Crippen molar-refractivity contribution >= 4 is 11.5 Å². The van der Waals surface area contributed by atoms with E-state index in [1.807, 2.05) is 0 Å². The minimum Gasteiger partial charge on any atom is -0.474 e. The molecule has 0 bridgehead atoms. The summed E-state index contributed by atoms with van der Waals surface area (Å²) < 4.78 is 10.6. The third kappa shape index (κ3) is 4.20. The van der Waals surface area contributed by atoms with Gasteiger partial charge in [0.05, 0.1) is 6.61 Å². The highest BCUT2D eigenvalue weighted by Gasteiger charge is 2.20. The van der Waals surface area contributed by atoms with Crippen LogP contribution in [0.15, 0.2) is 0 Å². The monoisotopic (exact) mass is 294 g/mol. The van der Waals surface area contributed by atoms with Crippen LogP contribution in [0.5, 0.6) is 5.88 Å². The summed E-state index contributed by atoms with van der Waals surface area (Å²) in [6, 6.07) is 0.453. The molecule has 3 N–H and O–H groups in total. The van der Waals surface area contributed by atoms with Crippen LogP contribution < -0.4 is 15.8 Å². The van der Waals surface area contributed by atoms with E-state index in [4.69, 9.17) is 15.2 Å². The summed E-state index contributed by atoms with van der Waals surface area (Å²) in [6.45, 7) is 5.05. The van der Waals surface area contributed by atoms with Crippen LogP contribution in [0.2, 0.25) is 0 Å². The Hall–Kier alpha value is -1.56. The van der Waals surface area contributed by atoms with Gasteiger partial charge in [0, 0.05) is 19.1 Å². The molecule has 0 saturated heterocycles. The van der Waals surface area contributed by atoms with Gasteiger partial charge in [-0.05, 0) is 12.8 Å². The Balaban J connectivity index is 2.19. The Bertz CT molecular complexity index is 459. The fourth-order valence-corrected chi connectivity index (χ4v) is 2.43. The molecule has 0 aromatic carbocycles. The first-order chi connectivity index (χ1) is 10.1. The first-order valence-electron chi connectivity index (χ1n) is 7.67. The molecule has 6 nitrogen and oxygen atoms in total. The molecule has 0 amide bonds. The van der Waals surface area contributed by atoms with E-state index in [9.17, 15) is 0 Å². The lowest BCUT2D eigenvalue weighted by molar-refractivity contribution is 0.144. The van der Waals surface area contributed by atoms with Crippen LogP contribution in [0.1, 0.15) is 51.3 Å². The van der Waals surface area contributed by atoms with Gasteiger partial charge in [-0.3, -0.25) is 0 Å². The molecule has 1 aliphatic carbocycles. The second kappa shape index (κ2) is 7.45. The fraction of sp³-hybridized carbons (Fsp3) is 0.733. The van der Waals surface area contributed by atoms with E-state index in [-0.39, 0.29) is 5.92 Å². The summed E-state index contributed by atoms with van der Waals surface area (Å²) in [6.07, 6.45) is 4.86. The number of rotatable bonds is 7. The van der Waals surface area contributed by atoms with Gasteiger partial charge in [0.2, 0.25) is 5.88 Å². The standard InChI is InChI=1S/C15H26N4O2/c1-10(2)13-18-14(17-11-6-4-5-7-11)12(16)15(19-13)21-9-8-20-3/h10-11H,4-9,16H2,1-3H3,(H,17,18,19). The highest BCUT2D eigenvalue weighted by Crippen LogP contribution is 2.31. The van der Waals surface area contributed by atoms with Crippen LogP contribution in [0.4, 0.5) is 11.5 Å². The number of nitrogens with two attached hydrogens (primary N) is 1. The van der Waals surface area contributed by atoms with E-state index in [1.165, 1.54) is 25.7 Å². The lowest BCUT2D eigenvalue weighted by atomic mass is 10.2. The number of nitrogen functional groups attached to an aromatic ring is 1. The van der Waals surface area contributed by atoms with Crippen molar-refractivity contribution in [2.24, 2.45) is 0 Å². The Morgan fingerprint density at radius 1 is 1.24 bits per heavy atom. The maximum Gasteiger partial charge on any atom is 0.242 e. The normalized spacial score (nSPS) is 15.6. The molecule has 0 atom stereocenters. The number of nitrogens with zero attached hydrogens (tertiary/aromatic N) is 2. The van der Waals surface area contributed by atoms with Crippen molar-refractivity contribution in [3.8, 4) is 5.88 Å². The zero-order chi connectivity index (χ0) is 15.2. The third-order valence-electron chi connectivity index (χ3n) is 3.67. The van der Waals surface area contributed by atoms with Gasteiger partial charge >= 0.3 is 0 Å². The molecule has 1 aliphatic rings. The first kappa shape index (κ1) is 15.8. The third-order valence-corrected chi connectivity index (χ3v) is 3.67. The van der Waals surface area contributed by atoms with E-state index < -0.39 is 0 Å². The Morgan fingerprint density at radius 2 is 1.95 bits per heavy atom. The molecule has 1 fully saturated rings. The topological polar surface area (TPSA) is 82.3 Å². The van der Waals surface area contributed by atoms with Gasteiger partial charge in [0.1, 0.15) is 18.1 Å². The second-order valence-corrected chi connectivity index (χ2v) is 5.77. The van der Waals surface area contributed by atoms with Crippen LogP contribution in [-0.2, 0) is 4.74 Å². The SMILES string of the molecule is COCCOc1nc(C(C)C)nc(NC2CCCC2)c1N. The summed E-state index contributed by atoms with van der Waals surface area (Å²) in [5.41, 5.74) is 6.65. The Labute approximate surface area is 126 Å². The average molecular weight is 294 g/mol. The largest absolute Gasteiger partial charge is 0.474 e. The first-order valence-corrected chi connectivity index (χ1v) is 7.67. The molecule has 0 spiro atoms. The molecule has 118 valence electrons. The minimum absolute atomic E-state index is 0.222. The summed E-state index contributed by atoms with van der Waals surface area (Å²) >= 11 is 0. The summed E-state index contributed by atoms with van der Waals surface area (Å²) in [7, 11) is 1.64. The van der Waals surface area contributed by atoms with Gasteiger partial charge in [-0.1, -0.05) is 26.7 Å². The van der Waals surface area contributed by atoms with Gasteiger partial charge in [0.25, 0.3) is 0 Å². The van der Waals surface area contributed by atoms with Crippen LogP contribution in [-0.4, -0.2) is 36.3 Å². The molecule has 1 saturated carbocycles. The average Bonchev–Trinajstić information content (AvgIpc) is 2.95. The molecule has 6 heteroatoms. The number of aromatic nitrogens is 2. The molecular weight excluding hydrogens is 268 g/mol. The molecule has 0 unspecified atom stereocenters. The molecule has 0 radical (unpaired) electrons. The van der Waals surface area contributed by atoms with E-state index in [2.05, 4.69) is 29.1 Å². The highest BCUT2D eigenvalue weighted by atomic mass is 16.5.